The zero-order chi connectivity index (χ0) is 9.02. The van der Waals surface area contributed by atoms with Crippen molar-refractivity contribution in [2.75, 3.05) is 6.61 Å². The lowest BCUT2D eigenvalue weighted by Gasteiger charge is -2.21. The Morgan fingerprint density at radius 1 is 1.18 bits per heavy atom. The molecule has 0 rings (SSSR count). The first kappa shape index (κ1) is 11.8. The van der Waals surface area contributed by atoms with Crippen LogP contribution in [0.5, 0.6) is 0 Å². The normalized spacial score (nSPS) is 22.4. The Hall–Kier alpha value is 0.790. The summed E-state index contributed by atoms with van der Waals surface area (Å²) < 4.78 is 0. The highest BCUT2D eigenvalue weighted by Crippen LogP contribution is 2.20. The molecule has 0 saturated carbocycles. The number of hydrogen-bond donors (Lipinski definition) is 2. The summed E-state index contributed by atoms with van der Waals surface area (Å²) in [6, 6.07) is 0. The molecule has 0 aromatic heterocycles. The molecule has 0 heterocycles. The Labute approximate surface area is 81.1 Å². The van der Waals surface area contributed by atoms with Gasteiger partial charge in [-0.05, 0) is 6.92 Å². The maximum Gasteiger partial charge on any atom is 0.0949 e. The van der Waals surface area contributed by atoms with Gasteiger partial charge in [0.05, 0.1) is 23.5 Å². The minimum atomic E-state index is -1.01. The Kier molecular flexibility index (Phi) is 5.83. The molecule has 0 amide bonds. The molecule has 0 saturated heterocycles. The van der Waals surface area contributed by atoms with Crippen LogP contribution in [0, 0.1) is 0 Å². The average Bonchev–Trinajstić information content (AvgIpc) is 2.00. The van der Waals surface area contributed by atoms with E-state index in [0.29, 0.717) is 0 Å². The predicted octanol–water partition coefficient (Wildman–Crippen LogP) is 1.18. The topological polar surface area (TPSA) is 40.5 Å². The van der Waals surface area contributed by atoms with Crippen molar-refractivity contribution < 1.29 is 10.2 Å². The van der Waals surface area contributed by atoms with Crippen molar-refractivity contribution in [3.05, 3.63) is 0 Å². The Morgan fingerprint density at radius 3 is 1.91 bits per heavy atom. The molecule has 5 heteroatoms. The summed E-state index contributed by atoms with van der Waals surface area (Å²) in [5.41, 5.74) is 0. The van der Waals surface area contributed by atoms with Crippen LogP contribution in [0.2, 0.25) is 0 Å². The third-order valence-corrected chi connectivity index (χ3v) is 3.04. The van der Waals surface area contributed by atoms with Crippen LogP contribution in [0.15, 0.2) is 0 Å². The monoisotopic (exact) mass is 220 g/mol. The Bertz CT molecular complexity index is 110. The first-order valence-corrected chi connectivity index (χ1v) is 4.52. The summed E-state index contributed by atoms with van der Waals surface area (Å²) in [4.78, 5) is 0. The number of aliphatic hydroxyl groups excluding tert-OH is 2. The van der Waals surface area contributed by atoms with Crippen molar-refractivity contribution in [3.8, 4) is 0 Å². The third-order valence-electron chi connectivity index (χ3n) is 1.30. The Balaban J connectivity index is 3.90. The lowest BCUT2D eigenvalue weighted by molar-refractivity contribution is 0.0904. The fourth-order valence-corrected chi connectivity index (χ4v) is 1.26. The van der Waals surface area contributed by atoms with Crippen molar-refractivity contribution >= 4 is 34.8 Å². The summed E-state index contributed by atoms with van der Waals surface area (Å²) in [6.07, 6.45) is -1.01. The molecule has 0 unspecified atom stereocenters. The lowest BCUT2D eigenvalue weighted by Crippen LogP contribution is -2.36. The van der Waals surface area contributed by atoms with Crippen LogP contribution in [0.1, 0.15) is 6.92 Å². The summed E-state index contributed by atoms with van der Waals surface area (Å²) in [6.45, 7) is 1.28. The molecule has 11 heavy (non-hydrogen) atoms. The van der Waals surface area contributed by atoms with Gasteiger partial charge in [-0.3, -0.25) is 0 Å². The van der Waals surface area contributed by atoms with Gasteiger partial charge >= 0.3 is 0 Å². The standard InChI is InChI=1S/C6H11Cl3O2/c1-3(7)5(8)6(9)4(11)2-10/h3-6,10-11H,2H2,1H3/t3-,4+,5-,6+/m1/s1. The average molecular weight is 222 g/mol. The van der Waals surface area contributed by atoms with Crippen LogP contribution in [0.25, 0.3) is 0 Å². The van der Waals surface area contributed by atoms with E-state index in [2.05, 4.69) is 0 Å². The van der Waals surface area contributed by atoms with E-state index in [4.69, 9.17) is 45.0 Å². The predicted molar refractivity (Wildman–Crippen MR) is 47.7 cm³/mol. The molecule has 2 N–H and O–H groups in total. The second kappa shape index (κ2) is 5.44. The molecule has 2 nitrogen and oxygen atoms in total. The fraction of sp³-hybridized carbons (Fsp3) is 1.00. The van der Waals surface area contributed by atoms with E-state index in [0.717, 1.165) is 0 Å². The molecule has 0 aliphatic rings. The van der Waals surface area contributed by atoms with E-state index >= 15 is 0 Å². The van der Waals surface area contributed by atoms with Crippen molar-refractivity contribution in [1.82, 2.24) is 0 Å². The minimum Gasteiger partial charge on any atom is -0.394 e. The molecular weight excluding hydrogens is 210 g/mol. The zero-order valence-corrected chi connectivity index (χ0v) is 8.31. The highest BCUT2D eigenvalue weighted by Gasteiger charge is 2.27. The van der Waals surface area contributed by atoms with E-state index in [9.17, 15) is 0 Å². The smallest absolute Gasteiger partial charge is 0.0949 e. The van der Waals surface area contributed by atoms with E-state index < -0.39 is 23.5 Å². The van der Waals surface area contributed by atoms with Crippen LogP contribution in [0.3, 0.4) is 0 Å². The molecule has 0 aliphatic heterocycles. The number of aliphatic hydroxyl groups is 2. The quantitative estimate of drug-likeness (QED) is 0.700. The van der Waals surface area contributed by atoms with Crippen LogP contribution in [-0.4, -0.2) is 39.1 Å². The molecule has 68 valence electrons. The first-order chi connectivity index (χ1) is 5.00. The molecule has 0 aliphatic carbocycles. The van der Waals surface area contributed by atoms with Crippen molar-refractivity contribution in [1.29, 1.82) is 0 Å². The van der Waals surface area contributed by atoms with Crippen molar-refractivity contribution in [2.24, 2.45) is 0 Å². The SMILES string of the molecule is C[C@@H](Cl)[C@@H](Cl)[C@@H](Cl)[C@@H](O)CO. The molecule has 0 radical (unpaired) electrons. The van der Waals surface area contributed by atoms with Crippen LogP contribution in [-0.2, 0) is 0 Å². The number of rotatable bonds is 4. The second-order valence-electron chi connectivity index (χ2n) is 2.32. The number of hydrogen-bond acceptors (Lipinski definition) is 2. The molecule has 4 atom stereocenters. The van der Waals surface area contributed by atoms with Crippen LogP contribution >= 0.6 is 34.8 Å². The van der Waals surface area contributed by atoms with Gasteiger partial charge in [0.1, 0.15) is 0 Å². The van der Waals surface area contributed by atoms with Gasteiger partial charge in [0.15, 0.2) is 0 Å². The van der Waals surface area contributed by atoms with Crippen molar-refractivity contribution in [2.45, 2.75) is 29.2 Å². The molecule has 0 spiro atoms. The molecule has 0 aromatic carbocycles. The van der Waals surface area contributed by atoms with E-state index in [1.54, 1.807) is 6.92 Å². The van der Waals surface area contributed by atoms with Gasteiger partial charge < -0.3 is 10.2 Å². The van der Waals surface area contributed by atoms with Crippen molar-refractivity contribution in [3.63, 3.8) is 0 Å². The van der Waals surface area contributed by atoms with Crippen LogP contribution < -0.4 is 0 Å². The largest absolute Gasteiger partial charge is 0.394 e. The van der Waals surface area contributed by atoms with Crippen LogP contribution in [0.4, 0.5) is 0 Å². The highest BCUT2D eigenvalue weighted by molar-refractivity contribution is 6.35. The summed E-state index contributed by atoms with van der Waals surface area (Å²) in [7, 11) is 0. The first-order valence-electron chi connectivity index (χ1n) is 3.21. The highest BCUT2D eigenvalue weighted by atomic mass is 35.5. The van der Waals surface area contributed by atoms with Gasteiger partial charge in [0.25, 0.3) is 0 Å². The maximum atomic E-state index is 9.02. The molecular formula is C6H11Cl3O2. The summed E-state index contributed by atoms with van der Waals surface area (Å²) in [5, 5.41) is 15.9. The molecule has 0 fully saturated rings. The van der Waals surface area contributed by atoms with Gasteiger partial charge in [-0.1, -0.05) is 0 Å². The maximum absolute atomic E-state index is 9.02. The van der Waals surface area contributed by atoms with E-state index in [-0.39, 0.29) is 5.38 Å². The third kappa shape index (κ3) is 3.81. The van der Waals surface area contributed by atoms with Gasteiger partial charge in [-0.15, -0.1) is 34.8 Å². The number of halogens is 3. The molecule has 0 bridgehead atoms. The van der Waals surface area contributed by atoms with Gasteiger partial charge in [-0.2, -0.15) is 0 Å². The van der Waals surface area contributed by atoms with E-state index in [1.165, 1.54) is 0 Å². The van der Waals surface area contributed by atoms with Gasteiger partial charge in [0, 0.05) is 5.38 Å². The fourth-order valence-electron chi connectivity index (χ4n) is 0.566. The lowest BCUT2D eigenvalue weighted by atomic mass is 10.1. The van der Waals surface area contributed by atoms with E-state index in [1.807, 2.05) is 0 Å². The molecule has 0 aromatic rings. The summed E-state index contributed by atoms with van der Waals surface area (Å²) in [5.74, 6) is 0. The second-order valence-corrected chi connectivity index (χ2v) is 4.01. The zero-order valence-electron chi connectivity index (χ0n) is 6.04. The van der Waals surface area contributed by atoms with Gasteiger partial charge in [-0.25, -0.2) is 0 Å². The summed E-state index contributed by atoms with van der Waals surface area (Å²) >= 11 is 17.0. The van der Waals surface area contributed by atoms with Gasteiger partial charge in [0.2, 0.25) is 0 Å². The number of alkyl halides is 3. The minimum absolute atomic E-state index is 0.333. The Morgan fingerprint density at radius 2 is 1.64 bits per heavy atom.